The second-order valence-corrected chi connectivity index (χ2v) is 3.43. The van der Waals surface area contributed by atoms with Gasteiger partial charge in [-0.2, -0.15) is 0 Å². The van der Waals surface area contributed by atoms with Crippen molar-refractivity contribution in [3.05, 3.63) is 0 Å². The summed E-state index contributed by atoms with van der Waals surface area (Å²) < 4.78 is 0. The summed E-state index contributed by atoms with van der Waals surface area (Å²) in [6.45, 7) is 2.99. The lowest BCUT2D eigenvalue weighted by molar-refractivity contribution is -0.122. The summed E-state index contributed by atoms with van der Waals surface area (Å²) in [6, 6.07) is -0.113. The van der Waals surface area contributed by atoms with Gasteiger partial charge in [0, 0.05) is 13.7 Å². The minimum atomic E-state index is -0.113. The minimum Gasteiger partial charge on any atom is -0.396 e. The van der Waals surface area contributed by atoms with Crippen molar-refractivity contribution >= 4 is 5.91 Å². The highest BCUT2D eigenvalue weighted by atomic mass is 16.2. The molecule has 0 heterocycles. The van der Waals surface area contributed by atoms with E-state index >= 15 is 0 Å². The predicted octanol–water partition coefficient (Wildman–Crippen LogP) is 0.263. The van der Waals surface area contributed by atoms with Crippen molar-refractivity contribution in [1.29, 1.82) is 0 Å². The fourth-order valence-electron chi connectivity index (χ4n) is 1.22. The Labute approximate surface area is 86.1 Å². The van der Waals surface area contributed by atoms with Crippen LogP contribution < -0.4 is 10.6 Å². The van der Waals surface area contributed by atoms with Crippen LogP contribution in [0.4, 0.5) is 0 Å². The summed E-state index contributed by atoms with van der Waals surface area (Å²) >= 11 is 0. The van der Waals surface area contributed by atoms with Gasteiger partial charge >= 0.3 is 0 Å². The second kappa shape index (κ2) is 8.97. The highest BCUT2D eigenvalue weighted by Gasteiger charge is 2.08. The van der Waals surface area contributed by atoms with Gasteiger partial charge in [-0.1, -0.05) is 12.8 Å². The molecule has 0 spiro atoms. The van der Waals surface area contributed by atoms with E-state index < -0.39 is 0 Å². The van der Waals surface area contributed by atoms with Crippen LogP contribution in [-0.4, -0.2) is 37.3 Å². The van der Waals surface area contributed by atoms with Crippen molar-refractivity contribution in [3.63, 3.8) is 0 Å². The molecule has 0 radical (unpaired) electrons. The molecule has 0 bridgehead atoms. The van der Waals surface area contributed by atoms with E-state index in [9.17, 15) is 4.79 Å². The molecule has 0 aromatic heterocycles. The molecule has 0 rings (SSSR count). The van der Waals surface area contributed by atoms with Gasteiger partial charge < -0.3 is 15.7 Å². The third-order valence-electron chi connectivity index (χ3n) is 2.18. The molecule has 3 N–H and O–H groups in total. The van der Waals surface area contributed by atoms with Crippen LogP contribution in [0, 0.1) is 0 Å². The van der Waals surface area contributed by atoms with Crippen molar-refractivity contribution in [2.45, 2.75) is 38.6 Å². The molecule has 0 aliphatic rings. The van der Waals surface area contributed by atoms with Gasteiger partial charge in [0.05, 0.1) is 6.04 Å². The number of carbonyl (C=O) groups excluding carboxylic acids is 1. The van der Waals surface area contributed by atoms with Crippen LogP contribution in [0.2, 0.25) is 0 Å². The molecule has 0 aromatic rings. The summed E-state index contributed by atoms with van der Waals surface area (Å²) in [6.07, 6.45) is 4.10. The lowest BCUT2D eigenvalue weighted by Gasteiger charge is -2.11. The van der Waals surface area contributed by atoms with Crippen molar-refractivity contribution in [2.75, 3.05) is 20.2 Å². The monoisotopic (exact) mass is 202 g/mol. The van der Waals surface area contributed by atoms with Crippen LogP contribution in [0.1, 0.15) is 32.6 Å². The standard InChI is InChI=1S/C10H22N2O2/c1-9(10(14)11-2)12-7-5-3-4-6-8-13/h9,12-13H,3-8H2,1-2H3,(H,11,14). The summed E-state index contributed by atoms with van der Waals surface area (Å²) in [5.41, 5.74) is 0. The van der Waals surface area contributed by atoms with Crippen molar-refractivity contribution in [3.8, 4) is 0 Å². The van der Waals surface area contributed by atoms with Gasteiger partial charge in [0.2, 0.25) is 5.91 Å². The lowest BCUT2D eigenvalue weighted by Crippen LogP contribution is -2.40. The van der Waals surface area contributed by atoms with Gasteiger partial charge in [0.25, 0.3) is 0 Å². The summed E-state index contributed by atoms with van der Waals surface area (Å²) in [5, 5.41) is 14.3. The Kier molecular flexibility index (Phi) is 8.57. The van der Waals surface area contributed by atoms with E-state index in [1.807, 2.05) is 6.92 Å². The summed E-state index contributed by atoms with van der Waals surface area (Å²) in [7, 11) is 1.64. The first-order valence-corrected chi connectivity index (χ1v) is 5.28. The van der Waals surface area contributed by atoms with Crippen LogP contribution in [0.15, 0.2) is 0 Å². The third-order valence-corrected chi connectivity index (χ3v) is 2.18. The molecule has 0 aliphatic heterocycles. The number of aliphatic hydroxyl groups is 1. The maximum absolute atomic E-state index is 11.1. The number of carbonyl (C=O) groups is 1. The van der Waals surface area contributed by atoms with E-state index in [-0.39, 0.29) is 18.6 Å². The van der Waals surface area contributed by atoms with Crippen molar-refractivity contribution in [2.24, 2.45) is 0 Å². The molecular formula is C10H22N2O2. The van der Waals surface area contributed by atoms with Crippen LogP contribution in [-0.2, 0) is 4.79 Å². The molecule has 1 unspecified atom stereocenters. The molecular weight excluding hydrogens is 180 g/mol. The van der Waals surface area contributed by atoms with Crippen molar-refractivity contribution < 1.29 is 9.90 Å². The van der Waals surface area contributed by atoms with E-state index in [0.717, 1.165) is 32.2 Å². The Morgan fingerprint density at radius 1 is 1.29 bits per heavy atom. The minimum absolute atomic E-state index is 0.0281. The quantitative estimate of drug-likeness (QED) is 0.495. The number of hydrogen-bond acceptors (Lipinski definition) is 3. The lowest BCUT2D eigenvalue weighted by atomic mass is 10.2. The average Bonchev–Trinajstić information content (AvgIpc) is 2.21. The number of rotatable bonds is 8. The van der Waals surface area contributed by atoms with Gasteiger partial charge in [-0.25, -0.2) is 0 Å². The first kappa shape index (κ1) is 13.4. The van der Waals surface area contributed by atoms with Crippen LogP contribution >= 0.6 is 0 Å². The molecule has 0 fully saturated rings. The largest absolute Gasteiger partial charge is 0.396 e. The Morgan fingerprint density at radius 2 is 1.93 bits per heavy atom. The Hall–Kier alpha value is -0.610. The van der Waals surface area contributed by atoms with Crippen LogP contribution in [0.25, 0.3) is 0 Å². The van der Waals surface area contributed by atoms with E-state index in [1.165, 1.54) is 0 Å². The van der Waals surface area contributed by atoms with Gasteiger partial charge in [-0.15, -0.1) is 0 Å². The molecule has 0 saturated carbocycles. The van der Waals surface area contributed by atoms with Crippen molar-refractivity contribution in [1.82, 2.24) is 10.6 Å². The molecule has 0 aromatic carbocycles. The maximum atomic E-state index is 11.1. The van der Waals surface area contributed by atoms with Crippen LogP contribution in [0.3, 0.4) is 0 Å². The number of nitrogens with one attached hydrogen (secondary N) is 2. The van der Waals surface area contributed by atoms with E-state index in [0.29, 0.717) is 0 Å². The SMILES string of the molecule is CNC(=O)C(C)NCCCCCCO. The predicted molar refractivity (Wildman–Crippen MR) is 57.1 cm³/mol. The molecule has 0 saturated heterocycles. The normalized spacial score (nSPS) is 12.5. The fraction of sp³-hybridized carbons (Fsp3) is 0.900. The Balaban J connectivity index is 3.23. The number of amides is 1. The molecule has 4 heteroatoms. The Morgan fingerprint density at radius 3 is 2.50 bits per heavy atom. The van der Waals surface area contributed by atoms with E-state index in [2.05, 4.69) is 10.6 Å². The molecule has 0 aliphatic carbocycles. The molecule has 1 atom stereocenters. The fourth-order valence-corrected chi connectivity index (χ4v) is 1.22. The highest BCUT2D eigenvalue weighted by Crippen LogP contribution is 1.97. The number of hydrogen-bond donors (Lipinski definition) is 3. The van der Waals surface area contributed by atoms with Crippen LogP contribution in [0.5, 0.6) is 0 Å². The number of likely N-dealkylation sites (N-methyl/N-ethyl adjacent to an activating group) is 1. The van der Waals surface area contributed by atoms with Gasteiger partial charge in [-0.3, -0.25) is 4.79 Å². The van der Waals surface area contributed by atoms with E-state index in [4.69, 9.17) is 5.11 Å². The van der Waals surface area contributed by atoms with Gasteiger partial charge in [0.1, 0.15) is 0 Å². The second-order valence-electron chi connectivity index (χ2n) is 3.43. The number of aliphatic hydroxyl groups excluding tert-OH is 1. The zero-order valence-electron chi connectivity index (χ0n) is 9.18. The average molecular weight is 202 g/mol. The highest BCUT2D eigenvalue weighted by molar-refractivity contribution is 5.80. The zero-order chi connectivity index (χ0) is 10.8. The topological polar surface area (TPSA) is 61.4 Å². The van der Waals surface area contributed by atoms with E-state index in [1.54, 1.807) is 7.05 Å². The first-order valence-electron chi connectivity index (χ1n) is 5.28. The maximum Gasteiger partial charge on any atom is 0.236 e. The molecule has 84 valence electrons. The Bertz CT molecular complexity index is 151. The molecule has 14 heavy (non-hydrogen) atoms. The van der Waals surface area contributed by atoms with Gasteiger partial charge in [-0.05, 0) is 26.3 Å². The van der Waals surface area contributed by atoms with Gasteiger partial charge in [0.15, 0.2) is 0 Å². The third kappa shape index (κ3) is 6.86. The molecule has 4 nitrogen and oxygen atoms in total. The zero-order valence-corrected chi connectivity index (χ0v) is 9.18. The first-order chi connectivity index (χ1) is 6.72. The summed E-state index contributed by atoms with van der Waals surface area (Å²) in [5.74, 6) is 0.0281. The number of unbranched alkanes of at least 4 members (excludes halogenated alkanes) is 3. The summed E-state index contributed by atoms with van der Waals surface area (Å²) in [4.78, 5) is 11.1. The molecule has 1 amide bonds. The smallest absolute Gasteiger partial charge is 0.236 e.